The van der Waals surface area contributed by atoms with Crippen molar-refractivity contribution in [3.8, 4) is 0 Å². The van der Waals surface area contributed by atoms with Gasteiger partial charge in [0.05, 0.1) is 55.3 Å². The summed E-state index contributed by atoms with van der Waals surface area (Å²) in [7, 11) is 0. The van der Waals surface area contributed by atoms with Gasteiger partial charge in [-0.1, -0.05) is 66.3 Å². The van der Waals surface area contributed by atoms with Crippen molar-refractivity contribution in [2.24, 2.45) is 35.5 Å². The van der Waals surface area contributed by atoms with Crippen LogP contribution in [0.2, 0.25) is 0 Å². The van der Waals surface area contributed by atoms with E-state index in [0.29, 0.717) is 62.7 Å². The Labute approximate surface area is 360 Å². The summed E-state index contributed by atoms with van der Waals surface area (Å²) in [4.78, 5) is 11.0. The average Bonchev–Trinajstić information content (AvgIpc) is 3.87. The first-order chi connectivity index (χ1) is 28.8. The van der Waals surface area contributed by atoms with Gasteiger partial charge in [-0.25, -0.2) is 0 Å². The molecule has 0 aliphatic carbocycles. The van der Waals surface area contributed by atoms with E-state index in [1.54, 1.807) is 6.08 Å². The Morgan fingerprint density at radius 1 is 0.852 bits per heavy atom. The van der Waals surface area contributed by atoms with Crippen molar-refractivity contribution in [2.75, 3.05) is 6.54 Å². The lowest BCUT2D eigenvalue weighted by Gasteiger charge is -2.53. The van der Waals surface area contributed by atoms with Gasteiger partial charge in [0.2, 0.25) is 0 Å². The molecule has 0 amide bonds. The molecular formula is C47H71NO13. The third kappa shape index (κ3) is 8.15. The van der Waals surface area contributed by atoms with Gasteiger partial charge in [0.15, 0.2) is 23.1 Å². The van der Waals surface area contributed by atoms with Crippen LogP contribution in [0.25, 0.3) is 0 Å². The first kappa shape index (κ1) is 44.4. The van der Waals surface area contributed by atoms with E-state index >= 15 is 0 Å². The summed E-state index contributed by atoms with van der Waals surface area (Å²) >= 11 is 0. The van der Waals surface area contributed by atoms with E-state index in [9.17, 15) is 20.1 Å². The second-order valence-corrected chi connectivity index (χ2v) is 21.1. The zero-order valence-electron chi connectivity index (χ0n) is 36.9. The topological polar surface area (TPSA) is 184 Å². The van der Waals surface area contributed by atoms with Crippen LogP contribution in [0.3, 0.4) is 0 Å². The first-order valence-electron chi connectivity index (χ1n) is 23.3. The Morgan fingerprint density at radius 3 is 2.41 bits per heavy atom. The molecule has 0 saturated carbocycles. The number of fused-ring (bicyclic) bond motifs is 5. The minimum atomic E-state index is -1.90. The lowest BCUT2D eigenvalue weighted by Crippen LogP contribution is -2.62. The molecule has 8 saturated heterocycles. The average molecular weight is 858 g/mol. The van der Waals surface area contributed by atoms with Crippen molar-refractivity contribution >= 4 is 5.97 Å². The molecule has 9 heterocycles. The van der Waals surface area contributed by atoms with Gasteiger partial charge >= 0.3 is 5.97 Å². The number of aliphatic hydroxyl groups excluding tert-OH is 2. The van der Waals surface area contributed by atoms with Gasteiger partial charge in [-0.3, -0.25) is 10.1 Å². The molecule has 0 aromatic rings. The zero-order chi connectivity index (χ0) is 43.3. The molecule has 3 spiro atoms. The minimum Gasteiger partial charge on any atom is -0.481 e. The highest BCUT2D eigenvalue weighted by atomic mass is 16.8. The molecule has 2 bridgehead atoms. The third-order valence-corrected chi connectivity index (χ3v) is 16.0. The quantitative estimate of drug-likeness (QED) is 0.190. The maximum absolute atomic E-state index is 12.4. The molecule has 9 aliphatic heterocycles. The van der Waals surface area contributed by atoms with E-state index < -0.39 is 65.4 Å². The number of aliphatic carboxylic acids is 1. The monoisotopic (exact) mass is 857 g/mol. The first-order valence-corrected chi connectivity index (χ1v) is 23.3. The van der Waals surface area contributed by atoms with Crippen molar-refractivity contribution in [3.63, 3.8) is 0 Å². The Balaban J connectivity index is 0.846. The second kappa shape index (κ2) is 16.3. The molecule has 14 heteroatoms. The highest BCUT2D eigenvalue weighted by Gasteiger charge is 2.64. The highest BCUT2D eigenvalue weighted by molar-refractivity contribution is 5.67. The molecule has 1 unspecified atom stereocenters. The van der Waals surface area contributed by atoms with Crippen LogP contribution in [-0.4, -0.2) is 123 Å². The number of carbonyl (C=O) groups is 1. The van der Waals surface area contributed by atoms with Crippen LogP contribution in [-0.2, 0) is 42.7 Å². The molecule has 5 N–H and O–H groups in total. The van der Waals surface area contributed by atoms with Gasteiger partial charge in [0, 0.05) is 56.9 Å². The van der Waals surface area contributed by atoms with Crippen LogP contribution in [0.4, 0.5) is 0 Å². The highest BCUT2D eigenvalue weighted by Crippen LogP contribution is 2.55. The normalized spacial score (nSPS) is 52.7. The molecule has 0 radical (unpaired) electrons. The minimum absolute atomic E-state index is 0.0239. The molecule has 8 fully saturated rings. The standard InChI is InChI=1S/C47H71NO13/c1-25-16-36-41-38(23-45(59-41)29(5)15-26(2)24-48-45)57-44(21-25,56-36)22-28(4)40-27(3)17-31(7)47(53,60-40)42(52)37-20-35-34(54-37)18-30(6)46(58-35)14-13-43(61-46)12-8-9-33(55-43)11-10-32(49)19-39(50)51/h8,10-12,25-27,29-38,40-42,48-49,52-53H,4,9,13-24H2,1-3,5-7H3,(H,50,51)/b11-10+/t25-,26+,27+,29-,30+,31-,32?,33+,34+,35+,36-,37-,38+,40+,41+,42+,43+,44-,45-,46-,47-/m1/s1. The maximum Gasteiger partial charge on any atom is 0.306 e. The number of carboxylic acids is 1. The van der Waals surface area contributed by atoms with E-state index in [4.69, 9.17) is 43.0 Å². The summed E-state index contributed by atoms with van der Waals surface area (Å²) < 4.78 is 54.0. The van der Waals surface area contributed by atoms with E-state index in [1.165, 1.54) is 6.08 Å². The Kier molecular flexibility index (Phi) is 11.8. The van der Waals surface area contributed by atoms with Crippen LogP contribution in [0.5, 0.6) is 0 Å². The predicted molar refractivity (Wildman–Crippen MR) is 220 cm³/mol. The second-order valence-electron chi connectivity index (χ2n) is 21.1. The number of nitrogens with one attached hydrogen (secondary N) is 1. The summed E-state index contributed by atoms with van der Waals surface area (Å²) in [5.74, 6) is -4.94. The Bertz CT molecular complexity index is 1730. The largest absolute Gasteiger partial charge is 0.481 e. The predicted octanol–water partition coefficient (Wildman–Crippen LogP) is 5.23. The van der Waals surface area contributed by atoms with Crippen LogP contribution < -0.4 is 5.32 Å². The fraction of sp³-hybridized carbons (Fsp3) is 0.851. The van der Waals surface area contributed by atoms with E-state index in [2.05, 4.69) is 46.5 Å². The number of ether oxygens (including phenoxy) is 8. The number of carboxylic acid groups (broad SMARTS) is 1. The van der Waals surface area contributed by atoms with E-state index in [-0.39, 0.29) is 54.7 Å². The van der Waals surface area contributed by atoms with Crippen LogP contribution in [0, 0.1) is 35.5 Å². The zero-order valence-corrected chi connectivity index (χ0v) is 36.9. The van der Waals surface area contributed by atoms with Gasteiger partial charge in [-0.15, -0.1) is 0 Å². The summed E-state index contributed by atoms with van der Waals surface area (Å²) in [6, 6.07) is 0. The molecule has 9 rings (SSSR count). The van der Waals surface area contributed by atoms with Gasteiger partial charge < -0.3 is 58.3 Å². The summed E-state index contributed by atoms with van der Waals surface area (Å²) in [6.07, 6.45) is 8.75. The van der Waals surface area contributed by atoms with Crippen molar-refractivity contribution in [1.29, 1.82) is 0 Å². The maximum atomic E-state index is 12.4. The fourth-order valence-electron chi connectivity index (χ4n) is 12.9. The number of aliphatic hydroxyl groups is 3. The summed E-state index contributed by atoms with van der Waals surface area (Å²) in [5, 5.41) is 47.4. The molecule has 0 aromatic carbocycles. The lowest BCUT2D eigenvalue weighted by atomic mass is 9.76. The Morgan fingerprint density at radius 2 is 1.64 bits per heavy atom. The molecule has 14 nitrogen and oxygen atoms in total. The SMILES string of the molecule is C=C(C[C@]12C[C@H](C)C[C@@H](O1)[C@@H]1O[C@@]3(C[C@@H]1O2)NC[C@@H](C)C[C@H]3C)[C@H]1O[C@@](O)([C@@H](O)[C@H]2C[C@@H]3O[C@@]4(CC[C@]5(C=CC[C@@H](/C=C/C(O)CC(=O)O)O5)O4)[C@@H](C)C[C@@H]3O2)[C@H](C)C[C@@H]1C. The third-order valence-electron chi connectivity index (χ3n) is 16.0. The van der Waals surface area contributed by atoms with Crippen LogP contribution in [0.1, 0.15) is 119 Å². The van der Waals surface area contributed by atoms with Crippen molar-refractivity contribution in [3.05, 3.63) is 36.5 Å². The fourth-order valence-corrected chi connectivity index (χ4v) is 12.9. The van der Waals surface area contributed by atoms with E-state index in [1.807, 2.05) is 19.1 Å². The van der Waals surface area contributed by atoms with Gasteiger partial charge in [-0.05, 0) is 67.4 Å². The van der Waals surface area contributed by atoms with Crippen molar-refractivity contribution in [2.45, 2.75) is 209 Å². The van der Waals surface area contributed by atoms with Crippen molar-refractivity contribution in [1.82, 2.24) is 5.32 Å². The molecular weight excluding hydrogens is 787 g/mol. The summed E-state index contributed by atoms with van der Waals surface area (Å²) in [5.41, 5.74) is 0.369. The molecule has 21 atom stereocenters. The number of piperidine rings is 1. The van der Waals surface area contributed by atoms with Crippen LogP contribution in [0.15, 0.2) is 36.5 Å². The smallest absolute Gasteiger partial charge is 0.306 e. The number of hydrogen-bond donors (Lipinski definition) is 5. The van der Waals surface area contributed by atoms with Gasteiger partial charge in [0.1, 0.15) is 17.9 Å². The lowest BCUT2D eigenvalue weighted by molar-refractivity contribution is -0.367. The van der Waals surface area contributed by atoms with Crippen molar-refractivity contribution < 1.29 is 63.1 Å². The van der Waals surface area contributed by atoms with Crippen LogP contribution >= 0.6 is 0 Å². The Hall–Kier alpha value is -1.79. The number of hydrogen-bond acceptors (Lipinski definition) is 13. The molecule has 0 aromatic heterocycles. The molecule has 9 aliphatic rings. The molecule has 61 heavy (non-hydrogen) atoms. The summed E-state index contributed by atoms with van der Waals surface area (Å²) in [6.45, 7) is 18.4. The number of rotatable bonds is 9. The van der Waals surface area contributed by atoms with Gasteiger partial charge in [-0.2, -0.15) is 0 Å². The van der Waals surface area contributed by atoms with Gasteiger partial charge in [0.25, 0.3) is 0 Å². The molecule has 342 valence electrons. The van der Waals surface area contributed by atoms with E-state index in [0.717, 1.165) is 37.8 Å².